The highest BCUT2D eigenvalue weighted by Gasteiger charge is 2.61. The van der Waals surface area contributed by atoms with E-state index in [2.05, 4.69) is 436 Å². The van der Waals surface area contributed by atoms with Gasteiger partial charge in [-0.1, -0.05) is 302 Å². The molecule has 4 aliphatic carbocycles. The number of rotatable bonds is 4. The first kappa shape index (κ1) is 85.1. The fourth-order valence-corrected chi connectivity index (χ4v) is 31.4. The van der Waals surface area contributed by atoms with Gasteiger partial charge in [-0.3, -0.25) is 0 Å². The van der Waals surface area contributed by atoms with Crippen LogP contribution in [0.4, 0.5) is 56.9 Å². The molecule has 28 rings (SSSR count). The molecule has 4 unspecified atom stereocenters. The van der Waals surface area contributed by atoms with Gasteiger partial charge in [0.15, 0.2) is 0 Å². The highest BCUT2D eigenvalue weighted by molar-refractivity contribution is 7.26. The maximum absolute atomic E-state index is 2.80. The Morgan fingerprint density at radius 2 is 0.703 bits per heavy atom. The molecule has 0 N–H and O–H groups in total. The Morgan fingerprint density at radius 3 is 1.19 bits per heavy atom. The third-order valence-electron chi connectivity index (χ3n) is 36.4. The number of hydrogen-bond donors (Lipinski definition) is 0. The van der Waals surface area contributed by atoms with Gasteiger partial charge in [0, 0.05) is 147 Å². The predicted octanol–water partition coefficient (Wildman–Crippen LogP) is 31.1. The Bertz CT molecular complexity index is 8490. The molecule has 4 aromatic heterocycles. The highest BCUT2D eigenvalue weighted by atomic mass is 32.1. The molecule has 138 heavy (non-hydrogen) atoms. The molecule has 10 heterocycles. The molecule has 684 valence electrons. The molecule has 0 spiro atoms. The van der Waals surface area contributed by atoms with Crippen LogP contribution in [0.5, 0.6) is 0 Å². The minimum atomic E-state index is -0.159. The van der Waals surface area contributed by atoms with Gasteiger partial charge in [-0.05, 0) is 278 Å². The van der Waals surface area contributed by atoms with Gasteiger partial charge in [0.2, 0.25) is 0 Å². The lowest BCUT2D eigenvalue weighted by molar-refractivity contribution is 0.195. The van der Waals surface area contributed by atoms with E-state index in [1.54, 1.807) is 0 Å². The summed E-state index contributed by atoms with van der Waals surface area (Å²) in [6.07, 6.45) is 9.76. The Balaban J connectivity index is 0.000000139. The number of nitrogens with zero attached hydrogens (tertiary/aromatic N) is 6. The summed E-state index contributed by atoms with van der Waals surface area (Å²) in [4.78, 5) is 11.0. The number of benzene rings is 14. The fourth-order valence-electron chi connectivity index (χ4n) is 29.1. The minimum absolute atomic E-state index is 0.0256. The first-order valence-electron chi connectivity index (χ1n) is 51.4. The number of aromatic nitrogens is 2. The lowest BCUT2D eigenvalue weighted by Gasteiger charge is -2.50. The van der Waals surface area contributed by atoms with Crippen LogP contribution in [0, 0.1) is 13.8 Å². The van der Waals surface area contributed by atoms with Crippen LogP contribution in [0.15, 0.2) is 255 Å². The standard InChI is InChI=1S/2C64H62BN3S/c1-37-31-52-56-53(32-37)67-57-44(55-58(67)43-20-12-14-22-45(43)62(55,8)9)33-39(61(5,6)7)35-48(57)65(56)47-27-26-40(36-51(47)66(52)50-23-18-21-42-41-19-13-15-24-54(41)69-59(42)50)68-49-28-25-38(60(2,3)4)34-46(49)63(10)29-16-17-30-64(63,68)11;1-37-31-51-57-52(32-37)67-58-43(56-59(67)41-19-12-14-21-44(41)62(56,8)9)33-39(61(5,6)7)35-47(58)65(57)46-27-26-40(36-50(46)66(51)49-22-18-24-54-55(49)42-20-13-15-23-53(42)69-54)68-48-28-25-38(60(2,3)4)34-45(48)63(10)29-16-17-30-64(63,68)11/h2*12-15,18-28,31-36H,16-17,29-30H2,1-11H3. The first-order valence-corrected chi connectivity index (χ1v) is 53.0. The van der Waals surface area contributed by atoms with Crippen molar-refractivity contribution in [1.82, 2.24) is 9.13 Å². The van der Waals surface area contributed by atoms with Crippen molar-refractivity contribution >= 4 is 188 Å². The highest BCUT2D eigenvalue weighted by Crippen LogP contribution is 2.66. The average Bonchev–Trinajstić information content (AvgIpc) is 1.49. The smallest absolute Gasteiger partial charge is 0.252 e. The third-order valence-corrected chi connectivity index (χ3v) is 38.8. The van der Waals surface area contributed by atoms with E-state index in [-0.39, 0.29) is 67.8 Å². The van der Waals surface area contributed by atoms with Crippen LogP contribution in [-0.4, -0.2) is 33.6 Å². The number of anilines is 10. The van der Waals surface area contributed by atoms with Crippen molar-refractivity contribution in [3.63, 3.8) is 0 Å². The molecule has 4 atom stereocenters. The fraction of sp³-hybridized carbons (Fsp3) is 0.312. The second-order valence-electron chi connectivity index (χ2n) is 49.1. The Morgan fingerprint density at radius 1 is 0.297 bits per heavy atom. The molecule has 18 aromatic rings. The van der Waals surface area contributed by atoms with Crippen LogP contribution in [0.25, 0.3) is 96.0 Å². The maximum Gasteiger partial charge on any atom is 0.252 e. The number of thiophene rings is 2. The summed E-state index contributed by atoms with van der Waals surface area (Å²) in [6, 6.07) is 101. The van der Waals surface area contributed by atoms with Gasteiger partial charge < -0.3 is 28.7 Å². The summed E-state index contributed by atoms with van der Waals surface area (Å²) in [7, 11) is 0. The van der Waals surface area contributed by atoms with Gasteiger partial charge in [-0.15, -0.1) is 22.7 Å². The van der Waals surface area contributed by atoms with E-state index < -0.39 is 0 Å². The third kappa shape index (κ3) is 11.0. The van der Waals surface area contributed by atoms with Crippen molar-refractivity contribution in [3.8, 4) is 33.9 Å². The monoisotopic (exact) mass is 1830 g/mol. The van der Waals surface area contributed by atoms with E-state index in [1.165, 1.54) is 291 Å². The van der Waals surface area contributed by atoms with Crippen molar-refractivity contribution in [2.45, 2.75) is 258 Å². The summed E-state index contributed by atoms with van der Waals surface area (Å²) < 4.78 is 10.8. The summed E-state index contributed by atoms with van der Waals surface area (Å²) in [6.45, 7) is 53.5. The van der Waals surface area contributed by atoms with Crippen LogP contribution in [0.3, 0.4) is 0 Å². The molecular weight excluding hydrogens is 1710 g/mol. The van der Waals surface area contributed by atoms with Gasteiger partial charge in [0.05, 0.1) is 38.5 Å². The zero-order valence-electron chi connectivity index (χ0n) is 84.6. The topological polar surface area (TPSA) is 22.8 Å². The van der Waals surface area contributed by atoms with Crippen molar-refractivity contribution < 1.29 is 0 Å². The number of fused-ring (bicyclic) bond motifs is 30. The first-order chi connectivity index (χ1) is 65.8. The zero-order valence-corrected chi connectivity index (χ0v) is 86.2. The summed E-state index contributed by atoms with van der Waals surface area (Å²) in [5.41, 5.74) is 49.0. The lowest BCUT2D eigenvalue weighted by Crippen LogP contribution is -2.61. The second kappa shape index (κ2) is 28.0. The Hall–Kier alpha value is -12.1. The Kier molecular flexibility index (Phi) is 17.3. The van der Waals surface area contributed by atoms with Crippen molar-refractivity contribution in [3.05, 3.63) is 322 Å². The molecule has 6 aliphatic heterocycles. The molecule has 0 amide bonds. The van der Waals surface area contributed by atoms with Gasteiger partial charge in [-0.2, -0.15) is 0 Å². The normalized spacial score (nSPS) is 20.6. The van der Waals surface area contributed by atoms with Crippen LogP contribution in [0.2, 0.25) is 0 Å². The molecule has 6 nitrogen and oxygen atoms in total. The largest absolute Gasteiger partial charge is 0.334 e. The van der Waals surface area contributed by atoms with E-state index in [0.29, 0.717) is 0 Å². The predicted molar refractivity (Wildman–Crippen MR) is 596 cm³/mol. The second-order valence-corrected chi connectivity index (χ2v) is 51.2. The molecule has 0 saturated heterocycles. The van der Waals surface area contributed by atoms with Gasteiger partial charge in [-0.25, -0.2) is 0 Å². The van der Waals surface area contributed by atoms with Gasteiger partial charge >= 0.3 is 0 Å². The van der Waals surface area contributed by atoms with E-state index in [9.17, 15) is 0 Å². The quantitative estimate of drug-likeness (QED) is 0.164. The SMILES string of the molecule is Cc1cc2c3c(c1)-n1c4c(c5cc(C(C)(C)C)cc(c51)B3c1ccc(N3c5ccc(C(C)(C)C)cc5C5(C)CCCCC35C)cc1N2c1cccc2c1sc1ccccc12)C(C)(C)c1ccccc1-4.Cc1cc2c3c(c1)-n1c4c(c5cc(C(C)(C)C)cc(c51)B3c1ccc(N3c5ccc(C(C)(C)C)cc5C5(C)CCCCC35C)cc1N2c1cccc2sc3ccccc3c12)C(C)(C)c1ccccc1-4. The van der Waals surface area contributed by atoms with Crippen LogP contribution >= 0.6 is 22.7 Å². The number of aryl methyl sites for hydroxylation is 2. The molecule has 2 saturated carbocycles. The summed E-state index contributed by atoms with van der Waals surface area (Å²) >= 11 is 3.85. The average molecular weight is 1830 g/mol. The van der Waals surface area contributed by atoms with Gasteiger partial charge in [0.1, 0.15) is 0 Å². The lowest BCUT2D eigenvalue weighted by atomic mass is 9.33. The van der Waals surface area contributed by atoms with E-state index in [0.717, 1.165) is 12.8 Å². The van der Waals surface area contributed by atoms with Crippen LogP contribution in [-0.2, 0) is 43.3 Å². The molecule has 2 fully saturated rings. The molecule has 10 heteroatoms. The van der Waals surface area contributed by atoms with Crippen molar-refractivity contribution in [2.24, 2.45) is 0 Å². The van der Waals surface area contributed by atoms with E-state index >= 15 is 0 Å². The number of hydrogen-bond acceptors (Lipinski definition) is 6. The van der Waals surface area contributed by atoms with Crippen LogP contribution in [0.1, 0.15) is 257 Å². The van der Waals surface area contributed by atoms with Crippen molar-refractivity contribution in [2.75, 3.05) is 19.6 Å². The summed E-state index contributed by atoms with van der Waals surface area (Å²) in [5.74, 6) is 0. The summed E-state index contributed by atoms with van der Waals surface area (Å²) in [5, 5.41) is 8.13. The minimum Gasteiger partial charge on any atom is -0.334 e. The maximum atomic E-state index is 2.80. The van der Waals surface area contributed by atoms with Gasteiger partial charge in [0.25, 0.3) is 13.4 Å². The van der Waals surface area contributed by atoms with Crippen LogP contribution < -0.4 is 52.4 Å². The Labute approximate surface area is 823 Å². The molecule has 14 aromatic carbocycles. The molecule has 0 bridgehead atoms. The molecular formula is C128H124B2N6S2. The zero-order chi connectivity index (χ0) is 94.9. The van der Waals surface area contributed by atoms with Crippen molar-refractivity contribution in [1.29, 1.82) is 0 Å². The van der Waals surface area contributed by atoms with E-state index in [1.807, 2.05) is 22.7 Å². The van der Waals surface area contributed by atoms with E-state index in [4.69, 9.17) is 0 Å². The molecule has 0 radical (unpaired) electrons. The molecule has 10 aliphatic rings.